The maximum absolute atomic E-state index is 13.8. The van der Waals surface area contributed by atoms with Crippen molar-refractivity contribution >= 4 is 23.0 Å². The molecule has 2 aromatic rings. The van der Waals surface area contributed by atoms with E-state index in [9.17, 15) is 4.39 Å². The zero-order valence-corrected chi connectivity index (χ0v) is 9.77. The Labute approximate surface area is 101 Å². The number of H-pyrrole nitrogens is 1. The third-order valence-electron chi connectivity index (χ3n) is 2.75. The molecular formula is C11H11FN4S. The molecule has 0 saturated heterocycles. The number of anilines is 1. The van der Waals surface area contributed by atoms with Gasteiger partial charge in [0.15, 0.2) is 11.9 Å². The minimum Gasteiger partial charge on any atom is -0.370 e. The fourth-order valence-electron chi connectivity index (χ4n) is 1.93. The van der Waals surface area contributed by atoms with E-state index in [0.717, 1.165) is 16.9 Å². The maximum atomic E-state index is 13.8. The second kappa shape index (κ2) is 3.89. The molecule has 0 bridgehead atoms. The van der Waals surface area contributed by atoms with Gasteiger partial charge in [-0.05, 0) is 22.4 Å². The Morgan fingerprint density at radius 3 is 3.18 bits per heavy atom. The lowest BCUT2D eigenvalue weighted by atomic mass is 10.1. The molecule has 1 aliphatic rings. The predicted octanol–water partition coefficient (Wildman–Crippen LogP) is 2.05. The molecule has 0 saturated carbocycles. The number of rotatable bonds is 2. The van der Waals surface area contributed by atoms with Gasteiger partial charge in [0.25, 0.3) is 0 Å². The lowest BCUT2D eigenvalue weighted by Gasteiger charge is -2.13. The first-order valence-corrected chi connectivity index (χ1v) is 6.15. The SMILES string of the molecule is NC1=NCc2[nH]c(F)c(Cc3ccsc3)c2N1. The molecule has 1 aliphatic heterocycles. The van der Waals surface area contributed by atoms with Crippen molar-refractivity contribution < 1.29 is 4.39 Å². The summed E-state index contributed by atoms with van der Waals surface area (Å²) in [6.07, 6.45) is 0.557. The molecular weight excluding hydrogens is 239 g/mol. The molecule has 0 unspecified atom stereocenters. The van der Waals surface area contributed by atoms with Crippen LogP contribution in [0.25, 0.3) is 0 Å². The van der Waals surface area contributed by atoms with Crippen molar-refractivity contribution in [3.63, 3.8) is 0 Å². The van der Waals surface area contributed by atoms with Gasteiger partial charge in [0.1, 0.15) is 0 Å². The molecule has 88 valence electrons. The van der Waals surface area contributed by atoms with Gasteiger partial charge in [-0.3, -0.25) is 0 Å². The Balaban J connectivity index is 1.98. The fourth-order valence-corrected chi connectivity index (χ4v) is 2.60. The molecule has 4 N–H and O–H groups in total. The minimum absolute atomic E-state index is 0.307. The van der Waals surface area contributed by atoms with E-state index in [2.05, 4.69) is 15.3 Å². The third-order valence-corrected chi connectivity index (χ3v) is 3.48. The highest BCUT2D eigenvalue weighted by Gasteiger charge is 2.20. The number of thiophene rings is 1. The van der Waals surface area contributed by atoms with Crippen LogP contribution in [0.5, 0.6) is 0 Å². The second-order valence-electron chi connectivity index (χ2n) is 3.91. The van der Waals surface area contributed by atoms with Crippen molar-refractivity contribution in [2.24, 2.45) is 10.7 Å². The molecule has 0 atom stereocenters. The molecule has 0 aromatic carbocycles. The molecule has 3 rings (SSSR count). The van der Waals surface area contributed by atoms with Gasteiger partial charge in [-0.2, -0.15) is 15.7 Å². The molecule has 0 spiro atoms. The summed E-state index contributed by atoms with van der Waals surface area (Å²) in [6, 6.07) is 1.99. The van der Waals surface area contributed by atoms with Crippen LogP contribution in [0.15, 0.2) is 21.8 Å². The van der Waals surface area contributed by atoms with Crippen LogP contribution in [0.3, 0.4) is 0 Å². The Kier molecular flexibility index (Phi) is 2.36. The Hall–Kier alpha value is -1.82. The van der Waals surface area contributed by atoms with Crippen LogP contribution in [-0.4, -0.2) is 10.9 Å². The number of fused-ring (bicyclic) bond motifs is 1. The topological polar surface area (TPSA) is 66.2 Å². The highest BCUT2D eigenvalue weighted by Crippen LogP contribution is 2.29. The van der Waals surface area contributed by atoms with Gasteiger partial charge in [-0.25, -0.2) is 4.99 Å². The van der Waals surface area contributed by atoms with E-state index in [1.807, 2.05) is 16.8 Å². The standard InChI is InChI=1S/C11H11FN4S/c12-10-7(3-6-1-2-17-5-6)9-8(15-10)4-14-11(13)16-9/h1-2,5,15H,3-4H2,(H3,13,14,16). The van der Waals surface area contributed by atoms with Crippen molar-refractivity contribution in [1.29, 1.82) is 0 Å². The van der Waals surface area contributed by atoms with Crippen molar-refractivity contribution in [1.82, 2.24) is 4.98 Å². The van der Waals surface area contributed by atoms with Crippen LogP contribution in [0, 0.1) is 5.95 Å². The fraction of sp³-hybridized carbons (Fsp3) is 0.182. The summed E-state index contributed by atoms with van der Waals surface area (Å²) in [5.74, 6) is 0.0293. The first kappa shape index (κ1) is 10.3. The molecule has 2 aromatic heterocycles. The number of nitrogens with one attached hydrogen (secondary N) is 2. The maximum Gasteiger partial charge on any atom is 0.197 e. The van der Waals surface area contributed by atoms with E-state index < -0.39 is 0 Å². The Bertz CT molecular complexity index is 571. The zero-order chi connectivity index (χ0) is 11.8. The number of nitrogens with two attached hydrogens (primary N) is 1. The lowest BCUT2D eigenvalue weighted by Crippen LogP contribution is -2.26. The average molecular weight is 250 g/mol. The summed E-state index contributed by atoms with van der Waals surface area (Å²) in [4.78, 5) is 6.72. The average Bonchev–Trinajstić information content (AvgIpc) is 2.90. The van der Waals surface area contributed by atoms with Crippen LogP contribution in [0.1, 0.15) is 16.8 Å². The highest BCUT2D eigenvalue weighted by atomic mass is 32.1. The Morgan fingerprint density at radius 2 is 2.41 bits per heavy atom. The van der Waals surface area contributed by atoms with Gasteiger partial charge in [0.05, 0.1) is 17.9 Å². The van der Waals surface area contributed by atoms with Gasteiger partial charge < -0.3 is 16.0 Å². The molecule has 0 amide bonds. The summed E-state index contributed by atoms with van der Waals surface area (Å²) in [5, 5.41) is 6.92. The van der Waals surface area contributed by atoms with E-state index in [1.54, 1.807) is 11.3 Å². The zero-order valence-electron chi connectivity index (χ0n) is 8.96. The molecule has 6 heteroatoms. The summed E-state index contributed by atoms with van der Waals surface area (Å²) >= 11 is 1.60. The van der Waals surface area contributed by atoms with E-state index in [-0.39, 0.29) is 5.95 Å². The van der Waals surface area contributed by atoms with E-state index in [1.165, 1.54) is 0 Å². The van der Waals surface area contributed by atoms with E-state index in [4.69, 9.17) is 5.73 Å². The number of hydrogen-bond donors (Lipinski definition) is 3. The van der Waals surface area contributed by atoms with Crippen LogP contribution < -0.4 is 11.1 Å². The summed E-state index contributed by atoms with van der Waals surface area (Å²) in [6.45, 7) is 0.398. The monoisotopic (exact) mass is 250 g/mol. The van der Waals surface area contributed by atoms with E-state index in [0.29, 0.717) is 24.5 Å². The normalized spacial score (nSPS) is 14.1. The van der Waals surface area contributed by atoms with Crippen LogP contribution in [0.2, 0.25) is 0 Å². The summed E-state index contributed by atoms with van der Waals surface area (Å²) in [5.41, 5.74) is 8.81. The molecule has 0 fully saturated rings. The predicted molar refractivity (Wildman–Crippen MR) is 66.8 cm³/mol. The smallest absolute Gasteiger partial charge is 0.197 e. The number of guanidine groups is 1. The highest BCUT2D eigenvalue weighted by molar-refractivity contribution is 7.07. The first-order chi connectivity index (χ1) is 8.24. The second-order valence-corrected chi connectivity index (χ2v) is 4.69. The van der Waals surface area contributed by atoms with E-state index >= 15 is 0 Å². The van der Waals surface area contributed by atoms with Crippen molar-refractivity contribution in [2.45, 2.75) is 13.0 Å². The first-order valence-electron chi connectivity index (χ1n) is 5.21. The molecule has 0 radical (unpaired) electrons. The molecule has 4 nitrogen and oxygen atoms in total. The van der Waals surface area contributed by atoms with Crippen LogP contribution >= 0.6 is 11.3 Å². The number of aliphatic imine (C=N–C) groups is 1. The number of hydrogen-bond acceptors (Lipinski definition) is 4. The van der Waals surface area contributed by atoms with Crippen molar-refractivity contribution in [3.05, 3.63) is 39.6 Å². The van der Waals surface area contributed by atoms with Crippen LogP contribution in [-0.2, 0) is 13.0 Å². The number of halogens is 1. The van der Waals surface area contributed by atoms with Gasteiger partial charge in [-0.15, -0.1) is 0 Å². The Morgan fingerprint density at radius 1 is 1.53 bits per heavy atom. The molecule has 0 aliphatic carbocycles. The van der Waals surface area contributed by atoms with Crippen molar-refractivity contribution in [2.75, 3.05) is 5.32 Å². The van der Waals surface area contributed by atoms with Crippen molar-refractivity contribution in [3.8, 4) is 0 Å². The molecule has 17 heavy (non-hydrogen) atoms. The van der Waals surface area contributed by atoms with Gasteiger partial charge in [-0.1, -0.05) is 0 Å². The number of aromatic nitrogens is 1. The van der Waals surface area contributed by atoms with Crippen LogP contribution in [0.4, 0.5) is 10.1 Å². The third kappa shape index (κ3) is 1.80. The summed E-state index contributed by atoms with van der Waals surface area (Å²) in [7, 11) is 0. The van der Waals surface area contributed by atoms with Gasteiger partial charge >= 0.3 is 0 Å². The largest absolute Gasteiger partial charge is 0.370 e. The molecule has 3 heterocycles. The minimum atomic E-state index is -0.307. The summed E-state index contributed by atoms with van der Waals surface area (Å²) < 4.78 is 13.8. The van der Waals surface area contributed by atoms with Gasteiger partial charge in [0, 0.05) is 12.0 Å². The lowest BCUT2D eigenvalue weighted by molar-refractivity contribution is 0.576. The number of aromatic amines is 1. The number of nitrogens with zero attached hydrogens (tertiary/aromatic N) is 1. The quantitative estimate of drug-likeness (QED) is 0.763. The van der Waals surface area contributed by atoms with Gasteiger partial charge in [0.2, 0.25) is 0 Å².